The normalized spacial score (nSPS) is 24.3. The Morgan fingerprint density at radius 2 is 1.93 bits per heavy atom. The summed E-state index contributed by atoms with van der Waals surface area (Å²) < 4.78 is 5.58. The molecule has 3 rings (SSSR count). The number of Topliss-reactive ketones (excluding diaryl/α,β-unsaturated/α-hetero) is 1. The second-order valence-electron chi connectivity index (χ2n) is 8.67. The molecule has 1 saturated carbocycles. The van der Waals surface area contributed by atoms with E-state index in [0.29, 0.717) is 18.4 Å². The molecule has 2 aliphatic rings. The van der Waals surface area contributed by atoms with Gasteiger partial charge < -0.3 is 20.3 Å². The summed E-state index contributed by atoms with van der Waals surface area (Å²) >= 11 is 0. The Labute approximate surface area is 172 Å². The first kappa shape index (κ1) is 21.3. The lowest BCUT2D eigenvalue weighted by Gasteiger charge is -2.30. The van der Waals surface area contributed by atoms with Gasteiger partial charge in [-0.3, -0.25) is 14.4 Å². The first-order valence-corrected chi connectivity index (χ1v) is 10.3. The number of benzene rings is 1. The van der Waals surface area contributed by atoms with Crippen LogP contribution in [0.3, 0.4) is 0 Å². The Morgan fingerprint density at radius 3 is 2.55 bits per heavy atom. The van der Waals surface area contributed by atoms with E-state index in [9.17, 15) is 14.4 Å². The van der Waals surface area contributed by atoms with Crippen LogP contribution in [0.1, 0.15) is 49.9 Å². The highest BCUT2D eigenvalue weighted by Gasteiger charge is 2.55. The van der Waals surface area contributed by atoms with Crippen LogP contribution < -0.4 is 15.5 Å². The zero-order chi connectivity index (χ0) is 21.2. The van der Waals surface area contributed by atoms with Gasteiger partial charge in [0, 0.05) is 25.3 Å². The van der Waals surface area contributed by atoms with E-state index in [0.717, 1.165) is 18.5 Å². The number of carbonyl (C=O) groups excluding carboxylic acids is 3. The summed E-state index contributed by atoms with van der Waals surface area (Å²) in [6.45, 7) is 4.04. The fourth-order valence-electron chi connectivity index (χ4n) is 4.20. The van der Waals surface area contributed by atoms with Crippen molar-refractivity contribution in [3.8, 4) is 0 Å². The van der Waals surface area contributed by atoms with Crippen molar-refractivity contribution >= 4 is 23.3 Å². The maximum Gasteiger partial charge on any atom is 0.251 e. The SMILES string of the molecule is CC(C)CC(NC(=O)c1ccc(N(C)C)cc1)C(=O)NC12CCCC1OCC2=O. The van der Waals surface area contributed by atoms with Crippen LogP contribution in [-0.4, -0.2) is 56.0 Å². The number of fused-ring (bicyclic) bond motifs is 1. The van der Waals surface area contributed by atoms with Gasteiger partial charge in [-0.15, -0.1) is 0 Å². The molecule has 0 radical (unpaired) electrons. The van der Waals surface area contributed by atoms with Gasteiger partial charge in [0.05, 0.1) is 6.10 Å². The molecule has 1 aromatic carbocycles. The number of nitrogens with zero attached hydrogens (tertiary/aromatic N) is 1. The number of nitrogens with one attached hydrogen (secondary N) is 2. The number of ether oxygens (including phenoxy) is 1. The Hall–Kier alpha value is -2.41. The average Bonchev–Trinajstić information content (AvgIpc) is 3.20. The summed E-state index contributed by atoms with van der Waals surface area (Å²) in [6.07, 6.45) is 2.44. The minimum atomic E-state index is -0.926. The fraction of sp³-hybridized carbons (Fsp3) is 0.591. The maximum atomic E-state index is 13.1. The zero-order valence-electron chi connectivity index (χ0n) is 17.7. The van der Waals surface area contributed by atoms with Crippen molar-refractivity contribution in [2.75, 3.05) is 25.6 Å². The van der Waals surface area contributed by atoms with E-state index in [1.165, 1.54) is 0 Å². The molecule has 1 aromatic rings. The Morgan fingerprint density at radius 1 is 1.24 bits per heavy atom. The highest BCUT2D eigenvalue weighted by Crippen LogP contribution is 2.37. The minimum Gasteiger partial charge on any atom is -0.378 e. The molecular weight excluding hydrogens is 370 g/mol. The molecule has 3 unspecified atom stereocenters. The molecule has 3 atom stereocenters. The summed E-state index contributed by atoms with van der Waals surface area (Å²) in [7, 11) is 3.86. The lowest BCUT2D eigenvalue weighted by Crippen LogP contribution is -2.60. The van der Waals surface area contributed by atoms with Crippen LogP contribution >= 0.6 is 0 Å². The van der Waals surface area contributed by atoms with Crippen LogP contribution in [0.4, 0.5) is 5.69 Å². The second kappa shape index (κ2) is 8.53. The summed E-state index contributed by atoms with van der Waals surface area (Å²) in [4.78, 5) is 40.3. The number of carbonyl (C=O) groups is 3. The topological polar surface area (TPSA) is 87.7 Å². The highest BCUT2D eigenvalue weighted by molar-refractivity contribution is 6.00. The predicted octanol–water partition coefficient (Wildman–Crippen LogP) is 1.90. The molecule has 7 heteroatoms. The summed E-state index contributed by atoms with van der Waals surface area (Å²) in [5, 5.41) is 5.82. The Bertz CT molecular complexity index is 775. The maximum absolute atomic E-state index is 13.1. The van der Waals surface area contributed by atoms with Gasteiger partial charge in [-0.2, -0.15) is 0 Å². The van der Waals surface area contributed by atoms with Crippen molar-refractivity contribution in [2.24, 2.45) is 5.92 Å². The summed E-state index contributed by atoms with van der Waals surface area (Å²) in [5.74, 6) is -0.481. The molecule has 1 aliphatic carbocycles. The number of hydrogen-bond donors (Lipinski definition) is 2. The highest BCUT2D eigenvalue weighted by atomic mass is 16.5. The molecule has 2 fully saturated rings. The molecule has 2 N–H and O–H groups in total. The van der Waals surface area contributed by atoms with Gasteiger partial charge in [0.25, 0.3) is 5.91 Å². The van der Waals surface area contributed by atoms with E-state index < -0.39 is 11.6 Å². The van der Waals surface area contributed by atoms with Gasteiger partial charge in [-0.1, -0.05) is 13.8 Å². The van der Waals surface area contributed by atoms with Gasteiger partial charge in [0.15, 0.2) is 5.78 Å². The van der Waals surface area contributed by atoms with E-state index in [1.807, 2.05) is 45.0 Å². The predicted molar refractivity (Wildman–Crippen MR) is 111 cm³/mol. The van der Waals surface area contributed by atoms with Crippen molar-refractivity contribution < 1.29 is 19.1 Å². The molecule has 0 bridgehead atoms. The number of amides is 2. The molecule has 2 amide bonds. The van der Waals surface area contributed by atoms with Crippen LogP contribution in [0.5, 0.6) is 0 Å². The minimum absolute atomic E-state index is 0.0460. The third-order valence-corrected chi connectivity index (χ3v) is 5.82. The molecule has 0 spiro atoms. The van der Waals surface area contributed by atoms with Crippen molar-refractivity contribution in [1.29, 1.82) is 0 Å². The van der Waals surface area contributed by atoms with Gasteiger partial charge in [0.2, 0.25) is 5.91 Å². The van der Waals surface area contributed by atoms with E-state index in [2.05, 4.69) is 10.6 Å². The van der Waals surface area contributed by atoms with E-state index >= 15 is 0 Å². The molecule has 1 saturated heterocycles. The lowest BCUT2D eigenvalue weighted by atomic mass is 9.91. The van der Waals surface area contributed by atoms with E-state index in [1.54, 1.807) is 12.1 Å². The van der Waals surface area contributed by atoms with Crippen molar-refractivity contribution in [3.05, 3.63) is 29.8 Å². The lowest BCUT2D eigenvalue weighted by molar-refractivity contribution is -0.131. The fourth-order valence-corrected chi connectivity index (χ4v) is 4.20. The van der Waals surface area contributed by atoms with Gasteiger partial charge in [-0.25, -0.2) is 0 Å². The van der Waals surface area contributed by atoms with Gasteiger partial charge in [-0.05, 0) is 55.9 Å². The smallest absolute Gasteiger partial charge is 0.251 e. The second-order valence-corrected chi connectivity index (χ2v) is 8.67. The van der Waals surface area contributed by atoms with Gasteiger partial charge >= 0.3 is 0 Å². The number of rotatable bonds is 7. The van der Waals surface area contributed by atoms with Crippen LogP contribution in [-0.2, 0) is 14.3 Å². The largest absolute Gasteiger partial charge is 0.378 e. The molecule has 0 aromatic heterocycles. The summed E-state index contributed by atoms with van der Waals surface area (Å²) in [6, 6.07) is 6.51. The standard InChI is InChI=1S/C22H31N3O4/c1-14(2)12-17(23-20(27)15-7-9-16(10-8-15)25(3)4)21(28)24-22-11-5-6-19(22)29-13-18(22)26/h7-10,14,17,19H,5-6,11-13H2,1-4H3,(H,23,27)(H,24,28). The van der Waals surface area contributed by atoms with E-state index in [-0.39, 0.29) is 36.2 Å². The van der Waals surface area contributed by atoms with Crippen LogP contribution in [0.15, 0.2) is 24.3 Å². The van der Waals surface area contributed by atoms with Crippen LogP contribution in [0, 0.1) is 5.92 Å². The molecule has 1 heterocycles. The molecular formula is C22H31N3O4. The monoisotopic (exact) mass is 401 g/mol. The van der Waals surface area contributed by atoms with Crippen LogP contribution in [0.2, 0.25) is 0 Å². The first-order valence-electron chi connectivity index (χ1n) is 10.3. The quantitative estimate of drug-likeness (QED) is 0.729. The number of hydrogen-bond acceptors (Lipinski definition) is 5. The first-order chi connectivity index (χ1) is 13.7. The van der Waals surface area contributed by atoms with Crippen molar-refractivity contribution in [3.63, 3.8) is 0 Å². The van der Waals surface area contributed by atoms with Crippen LogP contribution in [0.25, 0.3) is 0 Å². The zero-order valence-corrected chi connectivity index (χ0v) is 17.7. The third kappa shape index (κ3) is 4.45. The van der Waals surface area contributed by atoms with Crippen molar-refractivity contribution in [1.82, 2.24) is 10.6 Å². The molecule has 7 nitrogen and oxygen atoms in total. The van der Waals surface area contributed by atoms with E-state index in [4.69, 9.17) is 4.74 Å². The molecule has 158 valence electrons. The number of anilines is 1. The third-order valence-electron chi connectivity index (χ3n) is 5.82. The van der Waals surface area contributed by atoms with Crippen molar-refractivity contribution in [2.45, 2.75) is 57.2 Å². The summed E-state index contributed by atoms with van der Waals surface area (Å²) in [5.41, 5.74) is 0.559. The molecule has 29 heavy (non-hydrogen) atoms. The Balaban J connectivity index is 1.72. The Kier molecular flexibility index (Phi) is 6.27. The molecule has 1 aliphatic heterocycles. The number of ketones is 1. The van der Waals surface area contributed by atoms with Gasteiger partial charge in [0.1, 0.15) is 18.2 Å². The average molecular weight is 402 g/mol.